The van der Waals surface area contributed by atoms with Gasteiger partial charge in [0, 0.05) is 22.8 Å². The minimum Gasteiger partial charge on any atom is -0.497 e. The number of nitrogens with zero attached hydrogens (tertiary/aromatic N) is 2. The van der Waals surface area contributed by atoms with Crippen LogP contribution in [-0.2, 0) is 6.54 Å². The summed E-state index contributed by atoms with van der Waals surface area (Å²) >= 11 is 1.79. The summed E-state index contributed by atoms with van der Waals surface area (Å²) in [6.07, 6.45) is 0. The first-order chi connectivity index (χ1) is 12.5. The van der Waals surface area contributed by atoms with Crippen molar-refractivity contribution in [1.29, 1.82) is 0 Å². The Bertz CT molecular complexity index is 718. The zero-order valence-corrected chi connectivity index (χ0v) is 19.9. The van der Waals surface area contributed by atoms with E-state index >= 15 is 0 Å². The van der Waals surface area contributed by atoms with Crippen molar-refractivity contribution in [1.82, 2.24) is 15.5 Å². The Hall–Kier alpha value is -1.32. The first-order valence-electron chi connectivity index (χ1n) is 8.91. The number of aliphatic imine (C=N–C) groups is 1. The quantitative estimate of drug-likeness (QED) is 0.325. The van der Waals surface area contributed by atoms with E-state index in [1.54, 1.807) is 18.4 Å². The van der Waals surface area contributed by atoms with Crippen LogP contribution in [0.15, 0.2) is 41.4 Å². The summed E-state index contributed by atoms with van der Waals surface area (Å²) < 4.78 is 5.36. The number of likely N-dealkylation sites (N-methyl/N-ethyl adjacent to an activating group) is 1. The Balaban J connectivity index is 0.00000364. The van der Waals surface area contributed by atoms with Crippen LogP contribution in [0.5, 0.6) is 5.75 Å². The lowest BCUT2D eigenvalue weighted by atomic mass is 10.1. The first kappa shape index (κ1) is 23.7. The Morgan fingerprint density at radius 1 is 1.22 bits per heavy atom. The van der Waals surface area contributed by atoms with E-state index in [-0.39, 0.29) is 30.0 Å². The van der Waals surface area contributed by atoms with E-state index in [1.165, 1.54) is 15.3 Å². The van der Waals surface area contributed by atoms with Gasteiger partial charge in [0.05, 0.1) is 19.7 Å². The molecule has 0 radical (unpaired) electrons. The van der Waals surface area contributed by atoms with Crippen LogP contribution in [-0.4, -0.2) is 45.2 Å². The summed E-state index contributed by atoms with van der Waals surface area (Å²) in [5.74, 6) is 1.72. The maximum atomic E-state index is 5.36. The third-order valence-electron chi connectivity index (χ3n) is 4.10. The highest BCUT2D eigenvalue weighted by Gasteiger charge is 2.15. The highest BCUT2D eigenvalue weighted by Crippen LogP contribution is 2.22. The predicted octanol–water partition coefficient (Wildman–Crippen LogP) is 4.04. The Labute approximate surface area is 184 Å². The van der Waals surface area contributed by atoms with Crippen LogP contribution < -0.4 is 15.4 Å². The lowest BCUT2D eigenvalue weighted by molar-refractivity contribution is 0.297. The molecule has 5 nitrogen and oxygen atoms in total. The molecule has 2 N–H and O–H groups in total. The zero-order chi connectivity index (χ0) is 18.9. The number of hydrogen-bond acceptors (Lipinski definition) is 4. The maximum absolute atomic E-state index is 5.36. The Kier molecular flexibility index (Phi) is 10.7. The predicted molar refractivity (Wildman–Crippen MR) is 127 cm³/mol. The number of halogens is 1. The minimum absolute atomic E-state index is 0. The molecule has 1 heterocycles. The molecule has 1 unspecified atom stereocenters. The van der Waals surface area contributed by atoms with Gasteiger partial charge in [0.1, 0.15) is 5.75 Å². The molecule has 1 aromatic heterocycles. The maximum Gasteiger partial charge on any atom is 0.191 e. The highest BCUT2D eigenvalue weighted by atomic mass is 127. The molecule has 0 amide bonds. The number of aryl methyl sites for hydroxylation is 1. The molecule has 1 atom stereocenters. The van der Waals surface area contributed by atoms with E-state index < -0.39 is 0 Å². The van der Waals surface area contributed by atoms with Crippen LogP contribution in [0.3, 0.4) is 0 Å². The highest BCUT2D eigenvalue weighted by molar-refractivity contribution is 14.0. The summed E-state index contributed by atoms with van der Waals surface area (Å²) in [7, 11) is 5.87. The molecule has 0 aliphatic rings. The van der Waals surface area contributed by atoms with Gasteiger partial charge in [-0.2, -0.15) is 0 Å². The van der Waals surface area contributed by atoms with Gasteiger partial charge in [-0.25, -0.2) is 4.99 Å². The summed E-state index contributed by atoms with van der Waals surface area (Å²) in [4.78, 5) is 9.51. The van der Waals surface area contributed by atoms with E-state index in [9.17, 15) is 0 Å². The molecular weight excluding hydrogens is 471 g/mol. The standard InChI is InChI=1S/C20H30N4OS.HI/c1-6-21-20(22-13-18-11-10-15(2)26-18)23-14-19(24(3)4)16-8-7-9-17(12-16)25-5;/h7-12,19H,6,13-14H2,1-5H3,(H2,21,22,23);1H. The Morgan fingerprint density at radius 2 is 2.00 bits per heavy atom. The molecule has 7 heteroatoms. The van der Waals surface area contributed by atoms with Gasteiger partial charge in [-0.1, -0.05) is 12.1 Å². The third kappa shape index (κ3) is 7.67. The summed E-state index contributed by atoms with van der Waals surface area (Å²) in [6, 6.07) is 12.7. The molecule has 150 valence electrons. The van der Waals surface area contributed by atoms with E-state index in [0.29, 0.717) is 6.54 Å². The molecule has 0 saturated carbocycles. The smallest absolute Gasteiger partial charge is 0.191 e. The average molecular weight is 502 g/mol. The van der Waals surface area contributed by atoms with Crippen LogP contribution in [0.2, 0.25) is 0 Å². The fourth-order valence-electron chi connectivity index (χ4n) is 2.71. The van der Waals surface area contributed by atoms with Crippen molar-refractivity contribution in [2.24, 2.45) is 4.99 Å². The van der Waals surface area contributed by atoms with Crippen LogP contribution in [0.25, 0.3) is 0 Å². The lowest BCUT2D eigenvalue weighted by Gasteiger charge is -2.26. The number of ether oxygens (including phenoxy) is 1. The number of hydrogen-bond donors (Lipinski definition) is 2. The van der Waals surface area contributed by atoms with Crippen molar-refractivity contribution < 1.29 is 4.74 Å². The SMILES string of the molecule is CCNC(=NCc1ccc(C)s1)NCC(c1cccc(OC)c1)N(C)C.I. The zero-order valence-electron chi connectivity index (χ0n) is 16.8. The molecule has 0 fully saturated rings. The molecule has 1 aromatic carbocycles. The molecule has 2 rings (SSSR count). The summed E-state index contributed by atoms with van der Waals surface area (Å²) in [5, 5.41) is 6.80. The van der Waals surface area contributed by atoms with Gasteiger partial charge in [0.25, 0.3) is 0 Å². The molecule has 0 saturated heterocycles. The van der Waals surface area contributed by atoms with Gasteiger partial charge < -0.3 is 20.3 Å². The van der Waals surface area contributed by atoms with E-state index in [4.69, 9.17) is 9.73 Å². The lowest BCUT2D eigenvalue weighted by Crippen LogP contribution is -2.41. The summed E-state index contributed by atoms with van der Waals surface area (Å²) in [5.41, 5.74) is 1.21. The second kappa shape index (κ2) is 12.2. The average Bonchev–Trinajstić information content (AvgIpc) is 3.05. The number of rotatable bonds is 8. The van der Waals surface area contributed by atoms with Gasteiger partial charge in [-0.3, -0.25) is 0 Å². The monoisotopic (exact) mass is 502 g/mol. The second-order valence-corrected chi connectivity index (χ2v) is 7.72. The first-order valence-corrected chi connectivity index (χ1v) is 9.73. The number of benzene rings is 1. The number of guanidine groups is 1. The van der Waals surface area contributed by atoms with E-state index in [2.05, 4.69) is 67.7 Å². The fourth-order valence-corrected chi connectivity index (χ4v) is 3.52. The third-order valence-corrected chi connectivity index (χ3v) is 5.08. The van der Waals surface area contributed by atoms with Crippen molar-refractivity contribution in [2.45, 2.75) is 26.4 Å². The van der Waals surface area contributed by atoms with Gasteiger partial charge >= 0.3 is 0 Å². The van der Waals surface area contributed by atoms with Crippen LogP contribution in [0.4, 0.5) is 0 Å². The van der Waals surface area contributed by atoms with Crippen LogP contribution in [0.1, 0.15) is 28.3 Å². The molecular formula is C20H31IN4OS. The minimum atomic E-state index is 0. The fraction of sp³-hybridized carbons (Fsp3) is 0.450. The topological polar surface area (TPSA) is 48.9 Å². The van der Waals surface area contributed by atoms with Crippen molar-refractivity contribution >= 4 is 41.3 Å². The van der Waals surface area contributed by atoms with Gasteiger partial charge in [0.2, 0.25) is 0 Å². The molecule has 2 aromatic rings. The van der Waals surface area contributed by atoms with E-state index in [1.807, 2.05) is 12.1 Å². The van der Waals surface area contributed by atoms with E-state index in [0.717, 1.165) is 24.8 Å². The normalized spacial score (nSPS) is 12.4. The van der Waals surface area contributed by atoms with Crippen molar-refractivity contribution in [3.63, 3.8) is 0 Å². The second-order valence-electron chi connectivity index (χ2n) is 6.34. The Morgan fingerprint density at radius 3 is 2.59 bits per heavy atom. The van der Waals surface area contributed by atoms with Gasteiger partial charge in [0.15, 0.2) is 5.96 Å². The van der Waals surface area contributed by atoms with Gasteiger partial charge in [-0.15, -0.1) is 35.3 Å². The van der Waals surface area contributed by atoms with Crippen molar-refractivity contribution in [2.75, 3.05) is 34.3 Å². The molecule has 0 spiro atoms. The van der Waals surface area contributed by atoms with Crippen LogP contribution >= 0.6 is 35.3 Å². The molecule has 0 aliphatic heterocycles. The van der Waals surface area contributed by atoms with Crippen LogP contribution in [0, 0.1) is 6.92 Å². The van der Waals surface area contributed by atoms with Gasteiger partial charge in [-0.05, 0) is 57.8 Å². The number of nitrogens with one attached hydrogen (secondary N) is 2. The summed E-state index contributed by atoms with van der Waals surface area (Å²) in [6.45, 7) is 6.49. The molecule has 0 aliphatic carbocycles. The van der Waals surface area contributed by atoms with Crippen molar-refractivity contribution in [3.8, 4) is 5.75 Å². The molecule has 27 heavy (non-hydrogen) atoms. The molecule has 0 bridgehead atoms. The number of thiophene rings is 1. The van der Waals surface area contributed by atoms with Crippen molar-refractivity contribution in [3.05, 3.63) is 51.7 Å². The number of methoxy groups -OCH3 is 1. The largest absolute Gasteiger partial charge is 0.497 e.